The molecular formula is C31H26N4O4. The average Bonchev–Trinajstić information content (AvgIpc) is 2.94. The zero-order valence-electron chi connectivity index (χ0n) is 21.3. The number of benzene rings is 4. The summed E-state index contributed by atoms with van der Waals surface area (Å²) in [6.07, 6.45) is 0.130. The van der Waals surface area contributed by atoms with Crippen LogP contribution in [0.3, 0.4) is 0 Å². The Bertz CT molecular complexity index is 1770. The lowest BCUT2D eigenvalue weighted by Crippen LogP contribution is -2.40. The number of hydrogen-bond donors (Lipinski definition) is 2. The first kappa shape index (κ1) is 25.4. The van der Waals surface area contributed by atoms with Gasteiger partial charge in [0.2, 0.25) is 11.8 Å². The number of para-hydroxylation sites is 2. The quantitative estimate of drug-likeness (QED) is 0.336. The van der Waals surface area contributed by atoms with E-state index in [1.54, 1.807) is 72.8 Å². The molecule has 5 rings (SSSR count). The van der Waals surface area contributed by atoms with Gasteiger partial charge in [0, 0.05) is 11.4 Å². The molecule has 0 unspecified atom stereocenters. The van der Waals surface area contributed by atoms with Crippen molar-refractivity contribution in [1.29, 1.82) is 0 Å². The van der Waals surface area contributed by atoms with Gasteiger partial charge in [0.05, 0.1) is 23.0 Å². The number of fused-ring (bicyclic) bond motifs is 1. The van der Waals surface area contributed by atoms with Crippen LogP contribution in [0, 0.1) is 6.92 Å². The highest BCUT2D eigenvalue weighted by Gasteiger charge is 2.17. The average molecular weight is 519 g/mol. The van der Waals surface area contributed by atoms with E-state index in [2.05, 4.69) is 10.6 Å². The van der Waals surface area contributed by atoms with Crippen LogP contribution in [0.25, 0.3) is 16.6 Å². The molecule has 0 aliphatic heterocycles. The van der Waals surface area contributed by atoms with Crippen molar-refractivity contribution in [2.75, 3.05) is 10.6 Å². The molecule has 0 fully saturated rings. The Morgan fingerprint density at radius 2 is 1.31 bits per heavy atom. The van der Waals surface area contributed by atoms with E-state index in [4.69, 9.17) is 0 Å². The largest absolute Gasteiger partial charge is 0.336 e. The molecule has 8 heteroatoms. The predicted molar refractivity (Wildman–Crippen MR) is 152 cm³/mol. The van der Waals surface area contributed by atoms with Gasteiger partial charge in [0.25, 0.3) is 5.56 Å². The summed E-state index contributed by atoms with van der Waals surface area (Å²) < 4.78 is 2.34. The van der Waals surface area contributed by atoms with E-state index in [-0.39, 0.29) is 18.9 Å². The molecule has 0 bridgehead atoms. The first-order valence-corrected chi connectivity index (χ1v) is 12.4. The summed E-state index contributed by atoms with van der Waals surface area (Å²) in [5.74, 6) is -0.574. The predicted octanol–water partition coefficient (Wildman–Crippen LogP) is 4.28. The summed E-state index contributed by atoms with van der Waals surface area (Å²) in [5, 5.41) is 5.95. The van der Waals surface area contributed by atoms with Crippen LogP contribution in [0.4, 0.5) is 11.4 Å². The van der Waals surface area contributed by atoms with Gasteiger partial charge >= 0.3 is 5.69 Å². The summed E-state index contributed by atoms with van der Waals surface area (Å²) in [7, 11) is 0. The minimum Gasteiger partial charge on any atom is -0.326 e. The minimum atomic E-state index is -0.632. The smallest absolute Gasteiger partial charge is 0.326 e. The van der Waals surface area contributed by atoms with E-state index in [1.165, 1.54) is 4.57 Å². The van der Waals surface area contributed by atoms with Crippen LogP contribution in [0.1, 0.15) is 11.1 Å². The Kier molecular flexibility index (Phi) is 7.18. The van der Waals surface area contributed by atoms with Gasteiger partial charge in [-0.05, 0) is 61.0 Å². The second-order valence-corrected chi connectivity index (χ2v) is 9.20. The highest BCUT2D eigenvalue weighted by atomic mass is 16.2. The molecule has 0 saturated heterocycles. The summed E-state index contributed by atoms with van der Waals surface area (Å²) in [6, 6.07) is 29.9. The van der Waals surface area contributed by atoms with E-state index < -0.39 is 17.2 Å². The molecule has 0 saturated carbocycles. The van der Waals surface area contributed by atoms with Gasteiger partial charge in [-0.15, -0.1) is 0 Å². The SMILES string of the molecule is Cc1ccc(NC(=O)Cn2c(=O)n(-c3ccc(CC(=O)Nc4ccccc4)cc3)c(=O)c3ccccc32)cc1. The van der Waals surface area contributed by atoms with Crippen molar-refractivity contribution in [2.24, 2.45) is 0 Å². The van der Waals surface area contributed by atoms with Crippen molar-refractivity contribution in [1.82, 2.24) is 9.13 Å². The molecule has 39 heavy (non-hydrogen) atoms. The molecule has 0 radical (unpaired) electrons. The van der Waals surface area contributed by atoms with E-state index in [0.29, 0.717) is 28.0 Å². The van der Waals surface area contributed by atoms with Crippen molar-refractivity contribution in [3.63, 3.8) is 0 Å². The number of anilines is 2. The normalized spacial score (nSPS) is 10.8. The van der Waals surface area contributed by atoms with Crippen molar-refractivity contribution in [2.45, 2.75) is 19.9 Å². The maximum absolute atomic E-state index is 13.6. The third-order valence-electron chi connectivity index (χ3n) is 6.30. The number of amides is 2. The fourth-order valence-electron chi connectivity index (χ4n) is 4.36. The second-order valence-electron chi connectivity index (χ2n) is 9.20. The van der Waals surface area contributed by atoms with Crippen LogP contribution in [-0.2, 0) is 22.6 Å². The highest BCUT2D eigenvalue weighted by Crippen LogP contribution is 2.14. The van der Waals surface area contributed by atoms with Crippen LogP contribution >= 0.6 is 0 Å². The molecule has 5 aromatic rings. The molecular weight excluding hydrogens is 492 g/mol. The van der Waals surface area contributed by atoms with Gasteiger partial charge < -0.3 is 10.6 Å². The second kappa shape index (κ2) is 11.0. The summed E-state index contributed by atoms with van der Waals surface area (Å²) in [5.41, 5.74) is 2.70. The van der Waals surface area contributed by atoms with Crippen molar-refractivity contribution in [3.05, 3.63) is 135 Å². The minimum absolute atomic E-state index is 0.130. The molecule has 4 aromatic carbocycles. The first-order valence-electron chi connectivity index (χ1n) is 12.4. The van der Waals surface area contributed by atoms with Crippen LogP contribution in [0.2, 0.25) is 0 Å². The molecule has 2 N–H and O–H groups in total. The Labute approximate surface area is 224 Å². The molecule has 0 atom stereocenters. The van der Waals surface area contributed by atoms with Crippen LogP contribution in [-0.4, -0.2) is 20.9 Å². The number of rotatable bonds is 7. The Hall–Kier alpha value is -5.24. The molecule has 0 spiro atoms. The van der Waals surface area contributed by atoms with E-state index in [1.807, 2.05) is 37.3 Å². The number of aromatic nitrogens is 2. The van der Waals surface area contributed by atoms with Crippen molar-refractivity contribution < 1.29 is 9.59 Å². The Morgan fingerprint density at radius 1 is 0.692 bits per heavy atom. The fourth-order valence-corrected chi connectivity index (χ4v) is 4.36. The molecule has 0 aliphatic rings. The van der Waals surface area contributed by atoms with Gasteiger partial charge in [-0.3, -0.25) is 19.0 Å². The van der Waals surface area contributed by atoms with Crippen LogP contribution in [0.15, 0.2) is 113 Å². The maximum Gasteiger partial charge on any atom is 0.336 e. The Morgan fingerprint density at radius 3 is 2.03 bits per heavy atom. The maximum atomic E-state index is 13.6. The van der Waals surface area contributed by atoms with Crippen LogP contribution in [0.5, 0.6) is 0 Å². The van der Waals surface area contributed by atoms with Gasteiger partial charge in [-0.25, -0.2) is 9.36 Å². The molecule has 2 amide bonds. The zero-order chi connectivity index (χ0) is 27.4. The fraction of sp³-hybridized carbons (Fsp3) is 0.0968. The van der Waals surface area contributed by atoms with E-state index in [9.17, 15) is 19.2 Å². The third kappa shape index (κ3) is 5.70. The molecule has 1 heterocycles. The van der Waals surface area contributed by atoms with Gasteiger partial charge in [0.15, 0.2) is 0 Å². The summed E-state index contributed by atoms with van der Waals surface area (Å²) in [4.78, 5) is 52.3. The van der Waals surface area contributed by atoms with Crippen molar-refractivity contribution in [3.8, 4) is 5.69 Å². The molecule has 194 valence electrons. The molecule has 1 aromatic heterocycles. The highest BCUT2D eigenvalue weighted by molar-refractivity contribution is 5.92. The third-order valence-corrected chi connectivity index (χ3v) is 6.30. The standard InChI is InChI=1S/C31H26N4O4/c1-21-11-15-24(16-12-21)33-29(37)20-34-27-10-6-5-9-26(27)30(38)35(31(34)39)25-17-13-22(14-18-25)19-28(36)32-23-7-3-2-4-8-23/h2-18H,19-20H2,1H3,(H,32,36)(H,33,37). The van der Waals surface area contributed by atoms with E-state index >= 15 is 0 Å². The van der Waals surface area contributed by atoms with Crippen LogP contribution < -0.4 is 21.9 Å². The summed E-state index contributed by atoms with van der Waals surface area (Å²) in [6.45, 7) is 1.68. The lowest BCUT2D eigenvalue weighted by Gasteiger charge is -2.14. The monoisotopic (exact) mass is 518 g/mol. The van der Waals surface area contributed by atoms with Gasteiger partial charge in [0.1, 0.15) is 6.54 Å². The summed E-state index contributed by atoms with van der Waals surface area (Å²) >= 11 is 0. The van der Waals surface area contributed by atoms with E-state index in [0.717, 1.165) is 15.7 Å². The number of hydrogen-bond acceptors (Lipinski definition) is 4. The topological polar surface area (TPSA) is 102 Å². The van der Waals surface area contributed by atoms with Gasteiger partial charge in [-0.1, -0.05) is 60.2 Å². The number of carbonyl (C=O) groups excluding carboxylic acids is 2. The molecule has 0 aliphatic carbocycles. The van der Waals surface area contributed by atoms with Gasteiger partial charge in [-0.2, -0.15) is 0 Å². The zero-order valence-corrected chi connectivity index (χ0v) is 21.3. The lowest BCUT2D eigenvalue weighted by molar-refractivity contribution is -0.117. The lowest BCUT2D eigenvalue weighted by atomic mass is 10.1. The number of nitrogens with one attached hydrogen (secondary N) is 2. The Balaban J connectivity index is 1.44. The number of nitrogens with zero attached hydrogens (tertiary/aromatic N) is 2. The first-order chi connectivity index (χ1) is 18.9. The molecule has 8 nitrogen and oxygen atoms in total. The number of aryl methyl sites for hydroxylation is 1. The number of carbonyl (C=O) groups is 2. The van der Waals surface area contributed by atoms with Crippen molar-refractivity contribution >= 4 is 34.1 Å².